The van der Waals surface area contributed by atoms with Crippen LogP contribution in [-0.4, -0.2) is 17.9 Å². The van der Waals surface area contributed by atoms with Gasteiger partial charge in [-0.25, -0.2) is 0 Å². The second-order valence-electron chi connectivity index (χ2n) is 7.60. The quantitative estimate of drug-likeness (QED) is 0.673. The van der Waals surface area contributed by atoms with E-state index in [2.05, 4.69) is 90.2 Å². The number of amidine groups is 1. The lowest BCUT2D eigenvalue weighted by atomic mass is 9.92. The monoisotopic (exact) mass is 384 g/mol. The molecule has 2 nitrogen and oxygen atoms in total. The van der Waals surface area contributed by atoms with Gasteiger partial charge in [0.15, 0.2) is 0 Å². The first-order valence-corrected chi connectivity index (χ1v) is 11.6. The highest BCUT2D eigenvalue weighted by molar-refractivity contribution is 7.80. The Balaban J connectivity index is 1.61. The smallest absolute Gasteiger partial charge is 0.129 e. The SMILES string of the molecule is c1ccc(P(c2ccccc2)c2ccccc2C2=NC3CCCCC3N2)cc1. The van der Waals surface area contributed by atoms with Crippen LogP contribution in [0.2, 0.25) is 0 Å². The Morgan fingerprint density at radius 3 is 2.00 bits per heavy atom. The van der Waals surface area contributed by atoms with Crippen molar-refractivity contribution >= 4 is 29.7 Å². The third-order valence-corrected chi connectivity index (χ3v) is 8.28. The summed E-state index contributed by atoms with van der Waals surface area (Å²) in [5.74, 6) is 1.10. The number of benzene rings is 3. The van der Waals surface area contributed by atoms with Gasteiger partial charge in [0.2, 0.25) is 0 Å². The molecule has 0 spiro atoms. The maximum absolute atomic E-state index is 5.13. The van der Waals surface area contributed by atoms with Crippen LogP contribution < -0.4 is 21.2 Å². The summed E-state index contributed by atoms with van der Waals surface area (Å²) in [6.07, 6.45) is 5.09. The van der Waals surface area contributed by atoms with E-state index in [0.29, 0.717) is 12.1 Å². The predicted octanol–water partition coefficient (Wildman–Crippen LogP) is 4.11. The summed E-state index contributed by atoms with van der Waals surface area (Å²) in [7, 11) is -0.625. The Morgan fingerprint density at radius 1 is 0.714 bits per heavy atom. The van der Waals surface area contributed by atoms with E-state index in [1.165, 1.54) is 47.2 Å². The number of fused-ring (bicyclic) bond motifs is 1. The molecule has 0 radical (unpaired) electrons. The van der Waals surface area contributed by atoms with Crippen LogP contribution in [0.5, 0.6) is 0 Å². The van der Waals surface area contributed by atoms with Crippen LogP contribution in [0, 0.1) is 0 Å². The minimum atomic E-state index is -0.625. The van der Waals surface area contributed by atoms with Crippen LogP contribution >= 0.6 is 7.92 Å². The topological polar surface area (TPSA) is 24.4 Å². The highest BCUT2D eigenvalue weighted by Crippen LogP contribution is 2.35. The van der Waals surface area contributed by atoms with Crippen molar-refractivity contribution in [3.63, 3.8) is 0 Å². The van der Waals surface area contributed by atoms with Gasteiger partial charge in [-0.15, -0.1) is 0 Å². The van der Waals surface area contributed by atoms with Crippen LogP contribution in [0.4, 0.5) is 0 Å². The molecule has 0 saturated heterocycles. The van der Waals surface area contributed by atoms with Crippen molar-refractivity contribution in [3.8, 4) is 0 Å². The van der Waals surface area contributed by atoms with Crippen molar-refractivity contribution in [3.05, 3.63) is 90.5 Å². The summed E-state index contributed by atoms with van der Waals surface area (Å²) in [6, 6.07) is 31.7. The fraction of sp³-hybridized carbons (Fsp3) is 0.240. The molecule has 3 heteroatoms. The number of rotatable bonds is 4. The Morgan fingerprint density at radius 2 is 1.32 bits per heavy atom. The molecule has 1 aliphatic carbocycles. The van der Waals surface area contributed by atoms with Gasteiger partial charge in [0.1, 0.15) is 5.84 Å². The van der Waals surface area contributed by atoms with Crippen LogP contribution in [0.3, 0.4) is 0 Å². The van der Waals surface area contributed by atoms with Gasteiger partial charge in [0, 0.05) is 11.6 Å². The Hall–Kier alpha value is -2.44. The molecule has 3 aromatic carbocycles. The van der Waals surface area contributed by atoms with Gasteiger partial charge in [0.05, 0.1) is 6.04 Å². The first kappa shape index (κ1) is 17.6. The summed E-state index contributed by atoms with van der Waals surface area (Å²) in [5, 5.41) is 7.92. The van der Waals surface area contributed by atoms with Crippen LogP contribution in [0.25, 0.3) is 0 Å². The summed E-state index contributed by atoms with van der Waals surface area (Å²) in [5.41, 5.74) is 1.27. The Bertz CT molecular complexity index is 929. The molecule has 2 aliphatic rings. The van der Waals surface area contributed by atoms with E-state index >= 15 is 0 Å². The average molecular weight is 384 g/mol. The van der Waals surface area contributed by atoms with Gasteiger partial charge in [-0.1, -0.05) is 97.8 Å². The molecule has 1 aliphatic heterocycles. The van der Waals surface area contributed by atoms with Gasteiger partial charge in [-0.3, -0.25) is 4.99 Å². The van der Waals surface area contributed by atoms with E-state index in [0.717, 1.165) is 5.84 Å². The largest absolute Gasteiger partial charge is 0.365 e. The summed E-state index contributed by atoms with van der Waals surface area (Å²) >= 11 is 0. The highest BCUT2D eigenvalue weighted by Gasteiger charge is 2.32. The molecule has 28 heavy (non-hydrogen) atoms. The molecule has 2 unspecified atom stereocenters. The summed E-state index contributed by atoms with van der Waals surface area (Å²) < 4.78 is 0. The molecule has 2 atom stereocenters. The maximum atomic E-state index is 5.13. The van der Waals surface area contributed by atoms with Gasteiger partial charge in [0.25, 0.3) is 0 Å². The second-order valence-corrected chi connectivity index (χ2v) is 9.79. The van der Waals surface area contributed by atoms with E-state index < -0.39 is 7.92 Å². The normalized spacial score (nSPS) is 21.1. The molecule has 1 N–H and O–H groups in total. The summed E-state index contributed by atoms with van der Waals surface area (Å²) in [6.45, 7) is 0. The van der Waals surface area contributed by atoms with Crippen LogP contribution in [0.1, 0.15) is 31.2 Å². The molecule has 1 saturated carbocycles. The van der Waals surface area contributed by atoms with Crippen molar-refractivity contribution in [1.82, 2.24) is 5.32 Å². The fourth-order valence-electron chi connectivity index (χ4n) is 4.41. The number of nitrogens with zero attached hydrogens (tertiary/aromatic N) is 1. The van der Waals surface area contributed by atoms with E-state index in [4.69, 9.17) is 4.99 Å². The number of hydrogen-bond donors (Lipinski definition) is 1. The van der Waals surface area contributed by atoms with E-state index in [1.54, 1.807) is 0 Å². The number of nitrogens with one attached hydrogen (secondary N) is 1. The van der Waals surface area contributed by atoms with Crippen molar-refractivity contribution in [2.24, 2.45) is 4.99 Å². The highest BCUT2D eigenvalue weighted by atomic mass is 31.1. The molecular formula is C25H25N2P. The van der Waals surface area contributed by atoms with Gasteiger partial charge < -0.3 is 5.32 Å². The maximum Gasteiger partial charge on any atom is 0.129 e. The summed E-state index contributed by atoms with van der Waals surface area (Å²) in [4.78, 5) is 5.13. The molecule has 5 rings (SSSR count). The average Bonchev–Trinajstić information content (AvgIpc) is 3.20. The van der Waals surface area contributed by atoms with E-state index in [9.17, 15) is 0 Å². The second kappa shape index (κ2) is 7.89. The molecule has 1 heterocycles. The van der Waals surface area contributed by atoms with Crippen LogP contribution in [-0.2, 0) is 0 Å². The van der Waals surface area contributed by atoms with E-state index in [-0.39, 0.29) is 0 Å². The molecule has 3 aromatic rings. The zero-order valence-corrected chi connectivity index (χ0v) is 16.9. The van der Waals surface area contributed by atoms with Crippen molar-refractivity contribution < 1.29 is 0 Å². The first-order valence-electron chi connectivity index (χ1n) is 10.2. The number of hydrogen-bond acceptors (Lipinski definition) is 2. The number of aliphatic imine (C=N–C) groups is 1. The molecule has 0 aromatic heterocycles. The van der Waals surface area contributed by atoms with E-state index in [1.807, 2.05) is 0 Å². The van der Waals surface area contributed by atoms with Gasteiger partial charge in [-0.05, 0) is 36.7 Å². The Labute approximate surface area is 168 Å². The Kier molecular flexibility index (Phi) is 4.97. The van der Waals surface area contributed by atoms with Crippen molar-refractivity contribution in [1.29, 1.82) is 0 Å². The molecule has 1 fully saturated rings. The lowest BCUT2D eigenvalue weighted by Crippen LogP contribution is -2.38. The third-order valence-electron chi connectivity index (χ3n) is 5.78. The van der Waals surface area contributed by atoms with Gasteiger partial charge >= 0.3 is 0 Å². The lowest BCUT2D eigenvalue weighted by Gasteiger charge is -2.24. The zero-order valence-electron chi connectivity index (χ0n) is 16.0. The molecule has 140 valence electrons. The van der Waals surface area contributed by atoms with Crippen molar-refractivity contribution in [2.75, 3.05) is 0 Å². The van der Waals surface area contributed by atoms with Gasteiger partial charge in [-0.2, -0.15) is 0 Å². The molecule has 0 amide bonds. The standard InChI is InChI=1S/C25H25N2P/c1-3-11-19(12-4-1)28(20-13-5-2-6-14-20)24-18-10-7-15-21(24)25-26-22-16-8-9-17-23(22)27-25/h1-7,10-15,18,22-23H,8-9,16-17H2,(H,26,27). The fourth-order valence-corrected chi connectivity index (χ4v) is 6.86. The minimum Gasteiger partial charge on any atom is -0.365 e. The molecule has 0 bridgehead atoms. The zero-order chi connectivity index (χ0) is 18.8. The third kappa shape index (κ3) is 3.38. The lowest BCUT2D eigenvalue weighted by molar-refractivity contribution is 0.385. The molecular weight excluding hydrogens is 359 g/mol. The predicted molar refractivity (Wildman–Crippen MR) is 121 cm³/mol. The minimum absolute atomic E-state index is 0.455. The first-order chi connectivity index (χ1) is 13.9. The van der Waals surface area contributed by atoms with Crippen LogP contribution in [0.15, 0.2) is 89.9 Å². The van der Waals surface area contributed by atoms with Crippen molar-refractivity contribution in [2.45, 2.75) is 37.8 Å².